The number of carboxylic acids is 1. The summed E-state index contributed by atoms with van der Waals surface area (Å²) in [6, 6.07) is 1.56. The Labute approximate surface area is 92.6 Å². The molecular weight excluding hydrogens is 216 g/mol. The summed E-state index contributed by atoms with van der Waals surface area (Å²) in [7, 11) is 1.68. The molecule has 0 aromatic carbocycles. The van der Waals surface area contributed by atoms with Crippen LogP contribution >= 0.6 is 11.8 Å². The van der Waals surface area contributed by atoms with E-state index >= 15 is 0 Å². The van der Waals surface area contributed by atoms with Gasteiger partial charge in [-0.1, -0.05) is 0 Å². The normalized spacial score (nSPS) is 10.5. The molecule has 0 amide bonds. The van der Waals surface area contributed by atoms with Gasteiger partial charge in [-0.3, -0.25) is 0 Å². The van der Waals surface area contributed by atoms with Gasteiger partial charge in [-0.05, 0) is 18.2 Å². The van der Waals surface area contributed by atoms with Crippen LogP contribution in [-0.4, -0.2) is 30.5 Å². The molecule has 0 bridgehead atoms. The molecule has 1 aromatic rings. The summed E-state index contributed by atoms with van der Waals surface area (Å²) >= 11 is 1.70. The average molecular weight is 230 g/mol. The first-order valence-corrected chi connectivity index (χ1v) is 5.77. The number of ether oxygens (including phenoxy) is 1. The lowest BCUT2D eigenvalue weighted by molar-refractivity contribution is 0.0696. The molecule has 1 aromatic heterocycles. The van der Waals surface area contributed by atoms with E-state index in [1.807, 2.05) is 0 Å². The highest BCUT2D eigenvalue weighted by molar-refractivity contribution is 7.98. The van der Waals surface area contributed by atoms with E-state index in [2.05, 4.69) is 0 Å². The lowest BCUT2D eigenvalue weighted by Crippen LogP contribution is -1.92. The van der Waals surface area contributed by atoms with Crippen molar-refractivity contribution in [2.24, 2.45) is 0 Å². The van der Waals surface area contributed by atoms with Crippen LogP contribution in [0.15, 0.2) is 16.7 Å². The minimum absolute atomic E-state index is 0.211. The molecule has 0 aliphatic heterocycles. The fourth-order valence-corrected chi connectivity index (χ4v) is 1.87. The van der Waals surface area contributed by atoms with E-state index in [4.69, 9.17) is 14.3 Å². The number of aromatic carboxylic acids is 1. The van der Waals surface area contributed by atoms with Gasteiger partial charge in [0.25, 0.3) is 0 Å². The molecule has 0 unspecified atom stereocenters. The summed E-state index contributed by atoms with van der Waals surface area (Å²) in [5, 5.41) is 8.66. The number of carbonyl (C=O) groups is 1. The van der Waals surface area contributed by atoms with E-state index in [1.165, 1.54) is 6.26 Å². The Bertz CT molecular complexity index is 308. The Morgan fingerprint density at radius 2 is 2.47 bits per heavy atom. The molecule has 0 atom stereocenters. The van der Waals surface area contributed by atoms with Gasteiger partial charge < -0.3 is 14.3 Å². The van der Waals surface area contributed by atoms with Gasteiger partial charge in [0.2, 0.25) is 0 Å². The largest absolute Gasteiger partial charge is 0.478 e. The van der Waals surface area contributed by atoms with Crippen molar-refractivity contribution in [1.29, 1.82) is 0 Å². The van der Waals surface area contributed by atoms with Crippen molar-refractivity contribution >= 4 is 17.7 Å². The van der Waals surface area contributed by atoms with Crippen LogP contribution in [0, 0.1) is 0 Å². The zero-order valence-electron chi connectivity index (χ0n) is 8.56. The van der Waals surface area contributed by atoms with E-state index in [9.17, 15) is 4.79 Å². The molecule has 15 heavy (non-hydrogen) atoms. The average Bonchev–Trinajstić information content (AvgIpc) is 2.66. The highest BCUT2D eigenvalue weighted by Crippen LogP contribution is 2.16. The Balaban J connectivity index is 2.23. The molecule has 84 valence electrons. The molecule has 0 saturated carbocycles. The second kappa shape index (κ2) is 6.53. The van der Waals surface area contributed by atoms with E-state index < -0.39 is 5.97 Å². The van der Waals surface area contributed by atoms with Crippen molar-refractivity contribution in [3.05, 3.63) is 23.7 Å². The Hall–Kier alpha value is -0.940. The van der Waals surface area contributed by atoms with E-state index in [-0.39, 0.29) is 5.56 Å². The van der Waals surface area contributed by atoms with Gasteiger partial charge >= 0.3 is 5.97 Å². The van der Waals surface area contributed by atoms with Gasteiger partial charge in [-0.15, -0.1) is 0 Å². The zero-order chi connectivity index (χ0) is 11.1. The first-order chi connectivity index (χ1) is 7.24. The van der Waals surface area contributed by atoms with E-state index in [1.54, 1.807) is 24.9 Å². The molecule has 0 radical (unpaired) electrons. The summed E-state index contributed by atoms with van der Waals surface area (Å²) < 4.78 is 10.0. The molecule has 0 saturated heterocycles. The third-order valence-corrected chi connectivity index (χ3v) is 2.85. The maximum atomic E-state index is 10.5. The van der Waals surface area contributed by atoms with Crippen molar-refractivity contribution in [1.82, 2.24) is 0 Å². The molecule has 4 nitrogen and oxygen atoms in total. The summed E-state index contributed by atoms with van der Waals surface area (Å²) in [4.78, 5) is 10.5. The smallest absolute Gasteiger partial charge is 0.338 e. The minimum Gasteiger partial charge on any atom is -0.478 e. The first-order valence-electron chi connectivity index (χ1n) is 4.61. The van der Waals surface area contributed by atoms with Crippen molar-refractivity contribution in [2.45, 2.75) is 12.2 Å². The number of furan rings is 1. The summed E-state index contributed by atoms with van der Waals surface area (Å²) in [5.41, 5.74) is 0.211. The standard InChI is InChI=1S/C10H14O4S/c1-13-3-2-4-15-7-9-5-8(6-14-9)10(11)12/h5-6H,2-4,7H2,1H3,(H,11,12). The van der Waals surface area contributed by atoms with Crippen LogP contribution in [0.1, 0.15) is 22.5 Å². The highest BCUT2D eigenvalue weighted by Gasteiger charge is 2.07. The van der Waals surface area contributed by atoms with Gasteiger partial charge in [0.1, 0.15) is 12.0 Å². The minimum atomic E-state index is -0.950. The fraction of sp³-hybridized carbons (Fsp3) is 0.500. The predicted molar refractivity (Wildman–Crippen MR) is 58.3 cm³/mol. The van der Waals surface area contributed by atoms with Crippen LogP contribution in [0.5, 0.6) is 0 Å². The van der Waals surface area contributed by atoms with Crippen LogP contribution in [0.4, 0.5) is 0 Å². The lowest BCUT2D eigenvalue weighted by atomic mass is 10.3. The zero-order valence-corrected chi connectivity index (χ0v) is 9.38. The van der Waals surface area contributed by atoms with Gasteiger partial charge in [-0.2, -0.15) is 11.8 Å². The quantitative estimate of drug-likeness (QED) is 0.728. The number of hydrogen-bond donors (Lipinski definition) is 1. The van der Waals surface area contributed by atoms with Crippen LogP contribution in [-0.2, 0) is 10.5 Å². The Morgan fingerprint density at radius 1 is 1.67 bits per heavy atom. The van der Waals surface area contributed by atoms with Crippen molar-refractivity contribution in [2.75, 3.05) is 19.5 Å². The monoisotopic (exact) mass is 230 g/mol. The molecule has 1 heterocycles. The molecule has 0 aliphatic rings. The second-order valence-corrected chi connectivity index (χ2v) is 4.11. The molecule has 5 heteroatoms. The maximum absolute atomic E-state index is 10.5. The van der Waals surface area contributed by atoms with Gasteiger partial charge in [0, 0.05) is 13.7 Å². The van der Waals surface area contributed by atoms with Gasteiger partial charge in [0.15, 0.2) is 0 Å². The number of rotatable bonds is 7. The predicted octanol–water partition coefficient (Wildman–Crippen LogP) is 2.25. The number of thioether (sulfide) groups is 1. The third kappa shape index (κ3) is 4.40. The first kappa shape index (κ1) is 12.1. The highest BCUT2D eigenvalue weighted by atomic mass is 32.2. The van der Waals surface area contributed by atoms with Crippen molar-refractivity contribution in [3.8, 4) is 0 Å². The lowest BCUT2D eigenvalue weighted by Gasteiger charge is -1.98. The summed E-state index contributed by atoms with van der Waals surface area (Å²) in [6.07, 6.45) is 2.26. The molecule has 0 aliphatic carbocycles. The summed E-state index contributed by atoms with van der Waals surface area (Å²) in [5.74, 6) is 1.44. The third-order valence-electron chi connectivity index (χ3n) is 1.78. The number of hydrogen-bond acceptors (Lipinski definition) is 4. The number of methoxy groups -OCH3 is 1. The fourth-order valence-electron chi connectivity index (χ4n) is 1.05. The Morgan fingerprint density at radius 3 is 3.07 bits per heavy atom. The molecular formula is C10H14O4S. The summed E-state index contributed by atoms with van der Waals surface area (Å²) in [6.45, 7) is 0.755. The van der Waals surface area contributed by atoms with Crippen molar-refractivity contribution in [3.63, 3.8) is 0 Å². The van der Waals surface area contributed by atoms with Crippen LogP contribution in [0.2, 0.25) is 0 Å². The maximum Gasteiger partial charge on any atom is 0.338 e. The second-order valence-electron chi connectivity index (χ2n) is 3.01. The molecule has 1 N–H and O–H groups in total. The topological polar surface area (TPSA) is 59.7 Å². The molecule has 0 spiro atoms. The van der Waals surface area contributed by atoms with Crippen LogP contribution in [0.3, 0.4) is 0 Å². The van der Waals surface area contributed by atoms with E-state index in [0.29, 0.717) is 11.5 Å². The Kier molecular flexibility index (Phi) is 5.28. The molecule has 0 fully saturated rings. The SMILES string of the molecule is COCCCSCc1cc(C(=O)O)co1. The van der Waals surface area contributed by atoms with Crippen LogP contribution < -0.4 is 0 Å². The number of carboxylic acid groups (broad SMARTS) is 1. The van der Waals surface area contributed by atoms with Gasteiger partial charge in [-0.25, -0.2) is 4.79 Å². The van der Waals surface area contributed by atoms with E-state index in [0.717, 1.165) is 18.8 Å². The van der Waals surface area contributed by atoms with Crippen LogP contribution in [0.25, 0.3) is 0 Å². The van der Waals surface area contributed by atoms with Crippen molar-refractivity contribution < 1.29 is 19.1 Å². The van der Waals surface area contributed by atoms with Gasteiger partial charge in [0.05, 0.1) is 11.3 Å². The molecule has 1 rings (SSSR count).